The summed E-state index contributed by atoms with van der Waals surface area (Å²) < 4.78 is 32.0. The lowest BCUT2D eigenvalue weighted by Crippen LogP contribution is -2.10. The van der Waals surface area contributed by atoms with Crippen LogP contribution >= 0.6 is 71.0 Å². The van der Waals surface area contributed by atoms with E-state index in [0.717, 1.165) is 20.0 Å². The van der Waals surface area contributed by atoms with Crippen LogP contribution in [0.1, 0.15) is 20.9 Å². The third kappa shape index (κ3) is 9.38. The van der Waals surface area contributed by atoms with Gasteiger partial charge in [-0.2, -0.15) is 0 Å². The molecule has 1 atom stereocenters. The number of pyridine rings is 6. The van der Waals surface area contributed by atoms with Gasteiger partial charge in [-0.05, 0) is 129 Å². The molecule has 0 saturated heterocycles. The molecule has 0 aliphatic heterocycles. The van der Waals surface area contributed by atoms with Crippen LogP contribution in [0.15, 0.2) is 143 Å². The van der Waals surface area contributed by atoms with Crippen LogP contribution in [-0.2, 0) is 0 Å². The van der Waals surface area contributed by atoms with E-state index in [-0.39, 0.29) is 11.4 Å². The zero-order valence-corrected chi connectivity index (χ0v) is 35.8. The highest BCUT2D eigenvalue weighted by atomic mass is 79.9. The van der Waals surface area contributed by atoms with E-state index in [4.69, 9.17) is 33.9 Å². The molecule has 58 heavy (non-hydrogen) atoms. The molecule has 0 fully saturated rings. The van der Waals surface area contributed by atoms with Gasteiger partial charge < -0.3 is 5.73 Å². The van der Waals surface area contributed by atoms with Gasteiger partial charge in [0.05, 0.1) is 44.7 Å². The van der Waals surface area contributed by atoms with E-state index < -0.39 is 16.4 Å². The smallest absolute Gasteiger partial charge is 0.185 e. The Morgan fingerprint density at radius 2 is 1.34 bits per heavy atom. The van der Waals surface area contributed by atoms with Crippen molar-refractivity contribution in [2.75, 3.05) is 5.73 Å². The molecule has 0 bridgehead atoms. The van der Waals surface area contributed by atoms with Crippen molar-refractivity contribution in [2.45, 2.75) is 4.83 Å². The molecular formula is C42H25Br3Cl2F2N8O. The molecule has 2 N–H and O–H groups in total. The van der Waals surface area contributed by atoms with E-state index in [1.54, 1.807) is 48.9 Å². The Bertz CT molecular complexity index is 2960. The molecule has 0 amide bonds. The van der Waals surface area contributed by atoms with Crippen LogP contribution in [0.5, 0.6) is 0 Å². The second-order valence-electron chi connectivity index (χ2n) is 12.3. The Kier molecular flexibility index (Phi) is 12.8. The minimum absolute atomic E-state index is 0.0753. The highest BCUT2D eigenvalue weighted by Crippen LogP contribution is 2.35. The second-order valence-corrected chi connectivity index (χ2v) is 15.9. The number of alkyl halides is 1. The molecular weight excluding hydrogens is 981 g/mol. The summed E-state index contributed by atoms with van der Waals surface area (Å²) in [4.78, 5) is 37.9. The van der Waals surface area contributed by atoms with E-state index in [0.29, 0.717) is 60.9 Å². The summed E-state index contributed by atoms with van der Waals surface area (Å²) in [6.07, 6.45) is 6.94. The fraction of sp³-hybridized carbons (Fsp3) is 0.0238. The molecule has 2 aromatic carbocycles. The van der Waals surface area contributed by atoms with Crippen LogP contribution in [0.3, 0.4) is 0 Å². The molecule has 9 rings (SSSR count). The van der Waals surface area contributed by atoms with Crippen molar-refractivity contribution < 1.29 is 13.6 Å². The third-order valence-electron chi connectivity index (χ3n) is 8.36. The van der Waals surface area contributed by atoms with E-state index >= 15 is 0 Å². The average molecular weight is 1010 g/mol. The van der Waals surface area contributed by atoms with Crippen molar-refractivity contribution in [1.82, 2.24) is 34.3 Å². The van der Waals surface area contributed by atoms with Crippen LogP contribution in [-0.4, -0.2) is 40.1 Å². The number of Topliss-reactive ketones (excluding diaryl/α,β-unsaturated/α-hetero) is 1. The number of carbonyl (C=O) groups is 1. The Labute approximate surface area is 364 Å². The molecule has 9 aromatic rings. The lowest BCUT2D eigenvalue weighted by atomic mass is 10.1. The average Bonchev–Trinajstić information content (AvgIpc) is 3.62. The molecule has 16 heteroatoms. The first-order valence-corrected chi connectivity index (χ1v) is 20.3. The highest BCUT2D eigenvalue weighted by molar-refractivity contribution is 9.10. The molecule has 7 heterocycles. The van der Waals surface area contributed by atoms with E-state index in [1.165, 1.54) is 30.3 Å². The van der Waals surface area contributed by atoms with Gasteiger partial charge in [0.15, 0.2) is 5.78 Å². The van der Waals surface area contributed by atoms with Crippen molar-refractivity contribution in [3.05, 3.63) is 176 Å². The molecule has 7 aromatic heterocycles. The predicted octanol–water partition coefficient (Wildman–Crippen LogP) is 12.3. The van der Waals surface area contributed by atoms with Crippen molar-refractivity contribution in [2.24, 2.45) is 0 Å². The number of nitrogens with zero attached hydrogens (tertiary/aromatic N) is 7. The van der Waals surface area contributed by atoms with Gasteiger partial charge in [0.2, 0.25) is 0 Å². The number of ketones is 1. The van der Waals surface area contributed by atoms with Crippen molar-refractivity contribution in [3.63, 3.8) is 0 Å². The maximum Gasteiger partial charge on any atom is 0.185 e. The van der Waals surface area contributed by atoms with Crippen molar-refractivity contribution in [1.29, 1.82) is 0 Å². The number of imidazole rings is 1. The summed E-state index contributed by atoms with van der Waals surface area (Å²) in [5.41, 5.74) is 11.4. The molecule has 0 radical (unpaired) electrons. The number of hydrogen-bond donors (Lipinski definition) is 1. The van der Waals surface area contributed by atoms with Crippen LogP contribution in [0, 0.1) is 11.6 Å². The lowest BCUT2D eigenvalue weighted by Gasteiger charge is -2.10. The molecule has 1 unspecified atom stereocenters. The molecule has 0 aliphatic carbocycles. The Balaban J connectivity index is 0.000000153. The van der Waals surface area contributed by atoms with Crippen molar-refractivity contribution in [3.8, 4) is 22.6 Å². The maximum atomic E-state index is 14.6. The number of anilines is 1. The zero-order valence-electron chi connectivity index (χ0n) is 29.5. The summed E-state index contributed by atoms with van der Waals surface area (Å²) in [5.74, 6) is -0.879. The normalized spacial score (nSPS) is 11.4. The molecule has 0 spiro atoms. The minimum Gasteiger partial charge on any atom is -0.384 e. The molecule has 0 saturated carbocycles. The number of carbonyl (C=O) groups excluding carboxylic acids is 1. The Morgan fingerprint density at radius 1 is 0.690 bits per heavy atom. The van der Waals surface area contributed by atoms with Gasteiger partial charge >= 0.3 is 0 Å². The third-order valence-corrected chi connectivity index (χ3v) is 10.6. The minimum atomic E-state index is -0.779. The lowest BCUT2D eigenvalue weighted by molar-refractivity contribution is 0.0986. The summed E-state index contributed by atoms with van der Waals surface area (Å²) in [7, 11) is 0. The summed E-state index contributed by atoms with van der Waals surface area (Å²) in [6.45, 7) is 0. The number of benzene rings is 2. The second kappa shape index (κ2) is 18.1. The Hall–Kier alpha value is -5.25. The van der Waals surface area contributed by atoms with Crippen molar-refractivity contribution >= 4 is 110 Å². The van der Waals surface area contributed by atoms with Gasteiger partial charge in [0.1, 0.15) is 33.6 Å². The standard InChI is InChI=1S/C21H11BrClFN4.C16H8Br2ClFN2O.C5H6N2/c22-12-9-18-16(25-11-12)6-7-17(26-18)21-20(14-10-13(23)4-5-15(14)24)27-19-3-1-2-8-28(19)21;17-8-5-14-12(21-7-8)3-4-13(22-14)15(18)16(23)10-6-9(19)1-2-11(10)20;6-5-3-1-2-4-7-5/h1-11H;1-7,15H;1-4H,(H2,6,7). The first kappa shape index (κ1) is 40.9. The van der Waals surface area contributed by atoms with Gasteiger partial charge in [-0.3, -0.25) is 19.2 Å². The SMILES string of the molecule is Fc1ccc(Cl)cc1-c1nc2ccccn2c1-c1ccc2ncc(Br)cc2n1.Nc1ccccn1.O=C(c1cc(Cl)ccc1F)C(Br)c1ccc2ncc(Br)cc2n1. The predicted molar refractivity (Wildman–Crippen MR) is 235 cm³/mol. The van der Waals surface area contributed by atoms with Crippen LogP contribution < -0.4 is 5.73 Å². The van der Waals surface area contributed by atoms with Crippen LogP contribution in [0.25, 0.3) is 50.4 Å². The number of hydrogen-bond acceptors (Lipinski definition) is 8. The number of fused-ring (bicyclic) bond motifs is 3. The van der Waals surface area contributed by atoms with E-state index in [2.05, 4.69) is 72.7 Å². The summed E-state index contributed by atoms with van der Waals surface area (Å²) >= 11 is 22.0. The number of nitrogens with two attached hydrogens (primary N) is 1. The van der Waals surface area contributed by atoms with Gasteiger partial charge in [0.25, 0.3) is 0 Å². The molecule has 0 aliphatic rings. The first-order chi connectivity index (χ1) is 27.9. The van der Waals surface area contributed by atoms with Gasteiger partial charge in [-0.1, -0.05) is 51.3 Å². The number of halogens is 7. The number of aromatic nitrogens is 7. The van der Waals surface area contributed by atoms with E-state index in [9.17, 15) is 13.6 Å². The fourth-order valence-corrected chi connectivity index (χ4v) is 7.18. The zero-order chi connectivity index (χ0) is 40.9. The van der Waals surface area contributed by atoms with Gasteiger partial charge in [-0.25, -0.2) is 28.7 Å². The number of rotatable bonds is 5. The molecule has 288 valence electrons. The summed E-state index contributed by atoms with van der Waals surface area (Å²) in [5, 5.41) is 0.744. The van der Waals surface area contributed by atoms with Crippen LogP contribution in [0.2, 0.25) is 10.0 Å². The van der Waals surface area contributed by atoms with E-state index in [1.807, 2.05) is 59.1 Å². The maximum absolute atomic E-state index is 14.6. The number of nitrogen functional groups attached to an aromatic ring is 1. The Morgan fingerprint density at radius 3 is 2.02 bits per heavy atom. The largest absolute Gasteiger partial charge is 0.384 e. The highest BCUT2D eigenvalue weighted by Gasteiger charge is 2.24. The fourth-order valence-electron chi connectivity index (χ4n) is 5.69. The van der Waals surface area contributed by atoms with Gasteiger partial charge in [-0.15, -0.1) is 0 Å². The van der Waals surface area contributed by atoms with Crippen LogP contribution in [0.4, 0.5) is 14.6 Å². The monoisotopic (exact) mass is 1000 g/mol. The van der Waals surface area contributed by atoms with Gasteiger partial charge in [0, 0.05) is 49.3 Å². The topological polar surface area (TPSA) is 125 Å². The molecule has 9 nitrogen and oxygen atoms in total. The summed E-state index contributed by atoms with van der Waals surface area (Å²) in [6, 6.07) is 30.3. The quantitative estimate of drug-likeness (QED) is 0.133. The first-order valence-electron chi connectivity index (χ1n) is 17.0.